The predicted octanol–water partition coefficient (Wildman–Crippen LogP) is 0.531. The van der Waals surface area contributed by atoms with Gasteiger partial charge in [-0.05, 0) is 5.41 Å². The van der Waals surface area contributed by atoms with E-state index in [1.807, 2.05) is 20.8 Å². The summed E-state index contributed by atoms with van der Waals surface area (Å²) in [6.45, 7) is 6.38. The molecule has 0 heterocycles. The standard InChI is InChI=1S/C8H17NO2/c1-8(2,3)6-7(11)9-4-5-10/h10H,4-6H2,1-3H3,(H,9,11). The molecule has 0 spiro atoms. The van der Waals surface area contributed by atoms with Gasteiger partial charge in [0.1, 0.15) is 0 Å². The number of carbonyl (C=O) groups is 1. The molecule has 0 aliphatic carbocycles. The van der Waals surface area contributed by atoms with Crippen molar-refractivity contribution >= 4 is 5.91 Å². The van der Waals surface area contributed by atoms with Crippen LogP contribution in [0.3, 0.4) is 0 Å². The lowest BCUT2D eigenvalue weighted by atomic mass is 9.92. The molecular weight excluding hydrogens is 142 g/mol. The highest BCUT2D eigenvalue weighted by Crippen LogP contribution is 2.17. The van der Waals surface area contributed by atoms with Crippen molar-refractivity contribution in [1.29, 1.82) is 0 Å². The monoisotopic (exact) mass is 159 g/mol. The zero-order chi connectivity index (χ0) is 8.91. The lowest BCUT2D eigenvalue weighted by Gasteiger charge is -2.16. The summed E-state index contributed by atoms with van der Waals surface area (Å²) in [5.74, 6) is 0.00606. The summed E-state index contributed by atoms with van der Waals surface area (Å²) in [7, 11) is 0. The lowest BCUT2D eigenvalue weighted by Crippen LogP contribution is -2.29. The van der Waals surface area contributed by atoms with Crippen molar-refractivity contribution in [3.05, 3.63) is 0 Å². The molecule has 0 radical (unpaired) electrons. The molecule has 2 N–H and O–H groups in total. The van der Waals surface area contributed by atoms with Crippen molar-refractivity contribution in [2.24, 2.45) is 5.41 Å². The summed E-state index contributed by atoms with van der Waals surface area (Å²) in [4.78, 5) is 11.0. The molecule has 3 nitrogen and oxygen atoms in total. The Hall–Kier alpha value is -0.570. The smallest absolute Gasteiger partial charge is 0.220 e. The molecule has 11 heavy (non-hydrogen) atoms. The third-order valence-electron chi connectivity index (χ3n) is 1.12. The van der Waals surface area contributed by atoms with E-state index in [1.165, 1.54) is 0 Å². The molecule has 0 saturated carbocycles. The Morgan fingerprint density at radius 1 is 1.45 bits per heavy atom. The summed E-state index contributed by atoms with van der Waals surface area (Å²) in [5.41, 5.74) is 0.0273. The maximum Gasteiger partial charge on any atom is 0.220 e. The fraction of sp³-hybridized carbons (Fsp3) is 0.875. The van der Waals surface area contributed by atoms with Gasteiger partial charge in [0, 0.05) is 13.0 Å². The summed E-state index contributed by atoms with van der Waals surface area (Å²) in [5, 5.41) is 11.0. The SMILES string of the molecule is CC(C)(C)CC(=O)NCCO. The molecule has 0 aliphatic rings. The Morgan fingerprint density at radius 3 is 2.36 bits per heavy atom. The number of nitrogens with one attached hydrogen (secondary N) is 1. The van der Waals surface area contributed by atoms with Gasteiger partial charge < -0.3 is 10.4 Å². The van der Waals surface area contributed by atoms with Gasteiger partial charge in [0.25, 0.3) is 0 Å². The number of rotatable bonds is 3. The average molecular weight is 159 g/mol. The Balaban J connectivity index is 3.53. The third kappa shape index (κ3) is 7.33. The number of hydrogen-bond donors (Lipinski definition) is 2. The van der Waals surface area contributed by atoms with Crippen LogP contribution >= 0.6 is 0 Å². The second-order valence-corrected chi connectivity index (χ2v) is 3.81. The quantitative estimate of drug-likeness (QED) is 0.631. The van der Waals surface area contributed by atoms with E-state index in [4.69, 9.17) is 5.11 Å². The van der Waals surface area contributed by atoms with Crippen LogP contribution in [-0.2, 0) is 4.79 Å². The summed E-state index contributed by atoms with van der Waals surface area (Å²) >= 11 is 0. The second-order valence-electron chi connectivity index (χ2n) is 3.81. The maximum atomic E-state index is 11.0. The van der Waals surface area contributed by atoms with Gasteiger partial charge in [0.05, 0.1) is 6.61 Å². The molecule has 0 rings (SSSR count). The lowest BCUT2D eigenvalue weighted by molar-refractivity contribution is -0.122. The first-order valence-corrected chi connectivity index (χ1v) is 3.83. The minimum absolute atomic E-state index is 0.00606. The molecule has 0 aliphatic heterocycles. The van der Waals surface area contributed by atoms with E-state index in [9.17, 15) is 4.79 Å². The van der Waals surface area contributed by atoms with Crippen molar-refractivity contribution in [2.75, 3.05) is 13.2 Å². The number of hydrogen-bond acceptors (Lipinski definition) is 2. The number of carbonyl (C=O) groups excluding carboxylic acids is 1. The molecule has 3 heteroatoms. The van der Waals surface area contributed by atoms with Gasteiger partial charge in [-0.25, -0.2) is 0 Å². The molecule has 0 aromatic carbocycles. The number of aliphatic hydroxyl groups excluding tert-OH is 1. The van der Waals surface area contributed by atoms with Gasteiger partial charge in [-0.3, -0.25) is 4.79 Å². The summed E-state index contributed by atoms with van der Waals surface area (Å²) in [6.07, 6.45) is 0.507. The minimum atomic E-state index is 0.00606. The van der Waals surface area contributed by atoms with Crippen LogP contribution in [0.4, 0.5) is 0 Å². The van der Waals surface area contributed by atoms with Gasteiger partial charge in [0.15, 0.2) is 0 Å². The predicted molar refractivity (Wildman–Crippen MR) is 44.2 cm³/mol. The Morgan fingerprint density at radius 2 is 2.00 bits per heavy atom. The van der Waals surface area contributed by atoms with E-state index in [-0.39, 0.29) is 17.9 Å². The Bertz CT molecular complexity index is 127. The maximum absolute atomic E-state index is 11.0. The molecule has 0 bridgehead atoms. The van der Waals surface area contributed by atoms with Crippen molar-refractivity contribution in [3.8, 4) is 0 Å². The van der Waals surface area contributed by atoms with Crippen LogP contribution < -0.4 is 5.32 Å². The molecule has 0 atom stereocenters. The zero-order valence-corrected chi connectivity index (χ0v) is 7.48. The van der Waals surface area contributed by atoms with Crippen LogP contribution in [0.15, 0.2) is 0 Å². The van der Waals surface area contributed by atoms with Gasteiger partial charge in [0.2, 0.25) is 5.91 Å². The summed E-state index contributed by atoms with van der Waals surface area (Å²) in [6, 6.07) is 0. The molecule has 0 saturated heterocycles. The Kier molecular flexibility index (Phi) is 4.11. The van der Waals surface area contributed by atoms with Crippen molar-refractivity contribution < 1.29 is 9.90 Å². The fourth-order valence-electron chi connectivity index (χ4n) is 0.739. The normalized spacial score (nSPS) is 11.3. The number of aliphatic hydroxyl groups is 1. The molecule has 1 amide bonds. The van der Waals surface area contributed by atoms with Crippen LogP contribution in [0.5, 0.6) is 0 Å². The minimum Gasteiger partial charge on any atom is -0.395 e. The van der Waals surface area contributed by atoms with E-state index in [0.29, 0.717) is 13.0 Å². The van der Waals surface area contributed by atoms with Gasteiger partial charge in [-0.1, -0.05) is 20.8 Å². The number of amides is 1. The Labute approximate surface area is 67.8 Å². The van der Waals surface area contributed by atoms with E-state index >= 15 is 0 Å². The summed E-state index contributed by atoms with van der Waals surface area (Å²) < 4.78 is 0. The van der Waals surface area contributed by atoms with Crippen LogP contribution in [-0.4, -0.2) is 24.2 Å². The molecular formula is C8H17NO2. The van der Waals surface area contributed by atoms with E-state index < -0.39 is 0 Å². The van der Waals surface area contributed by atoms with Crippen LogP contribution in [0.2, 0.25) is 0 Å². The molecule has 0 fully saturated rings. The largest absolute Gasteiger partial charge is 0.395 e. The first-order chi connectivity index (χ1) is 4.95. The molecule has 0 unspecified atom stereocenters. The highest BCUT2D eigenvalue weighted by molar-refractivity contribution is 5.76. The molecule has 0 aromatic rings. The average Bonchev–Trinajstić information content (AvgIpc) is 1.79. The van der Waals surface area contributed by atoms with Crippen LogP contribution in [0.25, 0.3) is 0 Å². The van der Waals surface area contributed by atoms with E-state index in [0.717, 1.165) is 0 Å². The van der Waals surface area contributed by atoms with Crippen LogP contribution in [0, 0.1) is 5.41 Å². The highest BCUT2D eigenvalue weighted by Gasteiger charge is 2.14. The topological polar surface area (TPSA) is 49.3 Å². The van der Waals surface area contributed by atoms with Crippen molar-refractivity contribution in [1.82, 2.24) is 5.32 Å². The second kappa shape index (κ2) is 4.34. The first-order valence-electron chi connectivity index (χ1n) is 3.83. The molecule has 66 valence electrons. The van der Waals surface area contributed by atoms with E-state index in [1.54, 1.807) is 0 Å². The van der Waals surface area contributed by atoms with Gasteiger partial charge >= 0.3 is 0 Å². The highest BCUT2D eigenvalue weighted by atomic mass is 16.3. The van der Waals surface area contributed by atoms with Gasteiger partial charge in [-0.2, -0.15) is 0 Å². The van der Waals surface area contributed by atoms with Crippen LogP contribution in [0.1, 0.15) is 27.2 Å². The van der Waals surface area contributed by atoms with Crippen molar-refractivity contribution in [2.45, 2.75) is 27.2 Å². The van der Waals surface area contributed by atoms with Crippen molar-refractivity contribution in [3.63, 3.8) is 0 Å². The van der Waals surface area contributed by atoms with Gasteiger partial charge in [-0.15, -0.1) is 0 Å². The fourth-order valence-corrected chi connectivity index (χ4v) is 0.739. The molecule has 0 aromatic heterocycles. The van der Waals surface area contributed by atoms with E-state index in [2.05, 4.69) is 5.32 Å². The first kappa shape index (κ1) is 10.4. The zero-order valence-electron chi connectivity index (χ0n) is 7.48. The third-order valence-corrected chi connectivity index (χ3v) is 1.12.